The molecule has 0 saturated carbocycles. The van der Waals surface area contributed by atoms with Gasteiger partial charge in [0.05, 0.1) is 5.69 Å². The molecule has 1 aromatic heterocycles. The Morgan fingerprint density at radius 2 is 1.37 bits per heavy atom. The number of halogens is 1. The molecule has 0 bridgehead atoms. The SMILES string of the molecule is Cc1c(-c2ccccc2)cc(-c2ccc(Br)cc2)nc1Nc1ccccc1. The maximum absolute atomic E-state index is 4.93. The van der Waals surface area contributed by atoms with Crippen molar-refractivity contribution in [3.63, 3.8) is 0 Å². The van der Waals surface area contributed by atoms with Crippen LogP contribution in [-0.2, 0) is 0 Å². The van der Waals surface area contributed by atoms with Crippen molar-refractivity contribution < 1.29 is 0 Å². The molecule has 3 heteroatoms. The molecule has 132 valence electrons. The van der Waals surface area contributed by atoms with Crippen molar-refractivity contribution in [2.24, 2.45) is 0 Å². The average Bonchev–Trinajstić information content (AvgIpc) is 2.71. The minimum Gasteiger partial charge on any atom is -0.340 e. The number of nitrogens with one attached hydrogen (secondary N) is 1. The van der Waals surface area contributed by atoms with Gasteiger partial charge in [-0.2, -0.15) is 0 Å². The van der Waals surface area contributed by atoms with Gasteiger partial charge in [-0.05, 0) is 53.9 Å². The van der Waals surface area contributed by atoms with Gasteiger partial charge in [0.25, 0.3) is 0 Å². The minimum atomic E-state index is 0.875. The van der Waals surface area contributed by atoms with Crippen LogP contribution >= 0.6 is 15.9 Å². The third-order valence-electron chi connectivity index (χ3n) is 4.53. The highest BCUT2D eigenvalue weighted by molar-refractivity contribution is 9.10. The summed E-state index contributed by atoms with van der Waals surface area (Å²) in [5, 5.41) is 3.48. The quantitative estimate of drug-likeness (QED) is 0.380. The minimum absolute atomic E-state index is 0.875. The Labute approximate surface area is 168 Å². The highest BCUT2D eigenvalue weighted by Gasteiger charge is 2.12. The molecule has 1 heterocycles. The van der Waals surface area contributed by atoms with Gasteiger partial charge < -0.3 is 5.32 Å². The predicted octanol–water partition coefficient (Wildman–Crippen LogP) is 7.23. The molecule has 0 atom stereocenters. The van der Waals surface area contributed by atoms with Crippen LogP contribution in [0.1, 0.15) is 5.56 Å². The lowest BCUT2D eigenvalue weighted by Crippen LogP contribution is -2.00. The Kier molecular flexibility index (Phi) is 5.03. The number of anilines is 2. The zero-order valence-corrected chi connectivity index (χ0v) is 16.6. The topological polar surface area (TPSA) is 24.9 Å². The monoisotopic (exact) mass is 414 g/mol. The Bertz CT molecular complexity index is 1040. The summed E-state index contributed by atoms with van der Waals surface area (Å²) < 4.78 is 1.06. The van der Waals surface area contributed by atoms with Crippen LogP contribution in [0.3, 0.4) is 0 Å². The number of para-hydroxylation sites is 1. The van der Waals surface area contributed by atoms with Crippen LogP contribution in [0.5, 0.6) is 0 Å². The van der Waals surface area contributed by atoms with Crippen molar-refractivity contribution in [2.45, 2.75) is 6.92 Å². The van der Waals surface area contributed by atoms with E-state index in [1.807, 2.05) is 36.4 Å². The van der Waals surface area contributed by atoms with E-state index in [0.717, 1.165) is 32.8 Å². The highest BCUT2D eigenvalue weighted by Crippen LogP contribution is 2.33. The molecule has 4 aromatic rings. The van der Waals surface area contributed by atoms with E-state index in [4.69, 9.17) is 4.98 Å². The largest absolute Gasteiger partial charge is 0.340 e. The van der Waals surface area contributed by atoms with Crippen molar-refractivity contribution in [1.29, 1.82) is 0 Å². The molecule has 0 unspecified atom stereocenters. The Morgan fingerprint density at radius 1 is 0.741 bits per heavy atom. The van der Waals surface area contributed by atoms with Gasteiger partial charge in [-0.15, -0.1) is 0 Å². The van der Waals surface area contributed by atoms with Crippen molar-refractivity contribution >= 4 is 27.4 Å². The van der Waals surface area contributed by atoms with Gasteiger partial charge in [0.2, 0.25) is 0 Å². The van der Waals surface area contributed by atoms with Crippen LogP contribution in [0.2, 0.25) is 0 Å². The summed E-state index contributed by atoms with van der Waals surface area (Å²) in [6.45, 7) is 2.12. The summed E-state index contributed by atoms with van der Waals surface area (Å²) in [6.07, 6.45) is 0. The summed E-state index contributed by atoms with van der Waals surface area (Å²) in [6, 6.07) is 31.0. The molecule has 1 N–H and O–H groups in total. The van der Waals surface area contributed by atoms with Gasteiger partial charge in [0, 0.05) is 15.7 Å². The zero-order chi connectivity index (χ0) is 18.6. The summed E-state index contributed by atoms with van der Waals surface area (Å²) in [4.78, 5) is 4.93. The van der Waals surface area contributed by atoms with Crippen LogP contribution in [0.4, 0.5) is 11.5 Å². The van der Waals surface area contributed by atoms with Gasteiger partial charge in [-0.1, -0.05) is 76.6 Å². The lowest BCUT2D eigenvalue weighted by Gasteiger charge is -2.16. The molecule has 3 aromatic carbocycles. The van der Waals surface area contributed by atoms with Gasteiger partial charge in [0.15, 0.2) is 0 Å². The molecule has 0 aliphatic heterocycles. The van der Waals surface area contributed by atoms with E-state index >= 15 is 0 Å². The summed E-state index contributed by atoms with van der Waals surface area (Å²) in [5.74, 6) is 0.875. The van der Waals surface area contributed by atoms with Crippen LogP contribution in [0, 0.1) is 6.92 Å². The second-order valence-electron chi connectivity index (χ2n) is 6.39. The molecule has 0 spiro atoms. The van der Waals surface area contributed by atoms with E-state index in [-0.39, 0.29) is 0 Å². The molecule has 0 aliphatic rings. The Hall–Kier alpha value is -2.91. The lowest BCUT2D eigenvalue weighted by atomic mass is 9.98. The van der Waals surface area contributed by atoms with Crippen molar-refractivity contribution in [3.8, 4) is 22.4 Å². The van der Waals surface area contributed by atoms with Crippen LogP contribution in [-0.4, -0.2) is 4.98 Å². The molecule has 0 radical (unpaired) electrons. The Balaban J connectivity index is 1.86. The fraction of sp³-hybridized carbons (Fsp3) is 0.0417. The van der Waals surface area contributed by atoms with Gasteiger partial charge in [-0.3, -0.25) is 0 Å². The number of nitrogens with zero attached hydrogens (tertiary/aromatic N) is 1. The molecule has 0 aliphatic carbocycles. The fourth-order valence-electron chi connectivity index (χ4n) is 3.08. The average molecular weight is 415 g/mol. The molecule has 0 fully saturated rings. The normalized spacial score (nSPS) is 10.6. The van der Waals surface area contributed by atoms with E-state index in [0.29, 0.717) is 0 Å². The molecule has 2 nitrogen and oxygen atoms in total. The standard InChI is InChI=1S/C24H19BrN2/c1-17-22(18-8-4-2-5-9-18)16-23(19-12-14-20(25)15-13-19)27-24(17)26-21-10-6-3-7-11-21/h2-16H,1H3,(H,26,27). The smallest absolute Gasteiger partial charge is 0.134 e. The number of aromatic nitrogens is 1. The van der Waals surface area contributed by atoms with Gasteiger partial charge >= 0.3 is 0 Å². The third kappa shape index (κ3) is 3.93. The van der Waals surface area contributed by atoms with Crippen molar-refractivity contribution in [3.05, 3.63) is 101 Å². The number of hydrogen-bond donors (Lipinski definition) is 1. The molecule has 0 amide bonds. The van der Waals surface area contributed by atoms with E-state index in [9.17, 15) is 0 Å². The van der Waals surface area contributed by atoms with E-state index < -0.39 is 0 Å². The molecular weight excluding hydrogens is 396 g/mol. The first-order chi connectivity index (χ1) is 13.2. The highest BCUT2D eigenvalue weighted by atomic mass is 79.9. The number of hydrogen-bond acceptors (Lipinski definition) is 2. The lowest BCUT2D eigenvalue weighted by molar-refractivity contribution is 1.26. The number of benzene rings is 3. The second-order valence-corrected chi connectivity index (χ2v) is 7.31. The first-order valence-corrected chi connectivity index (χ1v) is 9.65. The molecule has 0 saturated heterocycles. The van der Waals surface area contributed by atoms with Crippen molar-refractivity contribution in [1.82, 2.24) is 4.98 Å². The third-order valence-corrected chi connectivity index (χ3v) is 5.06. The zero-order valence-electron chi connectivity index (χ0n) is 15.0. The summed E-state index contributed by atoms with van der Waals surface area (Å²) in [5.41, 5.74) is 6.57. The van der Waals surface area contributed by atoms with Crippen LogP contribution in [0.15, 0.2) is 95.5 Å². The van der Waals surface area contributed by atoms with E-state index in [1.54, 1.807) is 0 Å². The predicted molar refractivity (Wildman–Crippen MR) is 117 cm³/mol. The van der Waals surface area contributed by atoms with Gasteiger partial charge in [-0.25, -0.2) is 4.98 Å². The summed E-state index contributed by atoms with van der Waals surface area (Å²) in [7, 11) is 0. The maximum Gasteiger partial charge on any atom is 0.134 e. The summed E-state index contributed by atoms with van der Waals surface area (Å²) >= 11 is 3.51. The first kappa shape index (κ1) is 17.5. The molecular formula is C24H19BrN2. The number of rotatable bonds is 4. The van der Waals surface area contributed by atoms with Crippen LogP contribution < -0.4 is 5.32 Å². The van der Waals surface area contributed by atoms with E-state index in [1.165, 1.54) is 11.1 Å². The second kappa shape index (κ2) is 7.77. The fourth-order valence-corrected chi connectivity index (χ4v) is 3.34. The maximum atomic E-state index is 4.93. The molecule has 4 rings (SSSR count). The van der Waals surface area contributed by atoms with Crippen LogP contribution in [0.25, 0.3) is 22.4 Å². The number of pyridine rings is 1. The molecule has 27 heavy (non-hydrogen) atoms. The first-order valence-electron chi connectivity index (χ1n) is 8.86. The van der Waals surface area contributed by atoms with Gasteiger partial charge in [0.1, 0.15) is 5.82 Å². The van der Waals surface area contributed by atoms with E-state index in [2.05, 4.69) is 82.8 Å². The van der Waals surface area contributed by atoms with Crippen molar-refractivity contribution in [2.75, 3.05) is 5.32 Å². The Morgan fingerprint density at radius 3 is 2.04 bits per heavy atom.